The lowest BCUT2D eigenvalue weighted by Crippen LogP contribution is -2.16. The molecule has 0 fully saturated rings. The summed E-state index contributed by atoms with van der Waals surface area (Å²) in [4.78, 5) is 21.0. The standard InChI is InChI=1S/C21H21FN4O/c1-13-8-9-19(14(2)10-13)26-20(27)17-12-24-21(25-15(17)3)23-11-16-6-4-5-7-18(16)22/h4-10,12H,11H2,1-3H3,(H,26,27)(H,23,24,25). The maximum atomic E-state index is 13.7. The number of anilines is 2. The molecule has 0 atom stereocenters. The zero-order valence-electron chi connectivity index (χ0n) is 15.5. The van der Waals surface area contributed by atoms with Gasteiger partial charge in [-0.05, 0) is 38.5 Å². The number of amides is 1. The number of halogens is 1. The van der Waals surface area contributed by atoms with Crippen LogP contribution < -0.4 is 10.6 Å². The molecule has 6 heteroatoms. The van der Waals surface area contributed by atoms with E-state index in [1.165, 1.54) is 12.3 Å². The topological polar surface area (TPSA) is 66.9 Å². The van der Waals surface area contributed by atoms with Crippen LogP contribution in [0.4, 0.5) is 16.0 Å². The van der Waals surface area contributed by atoms with Gasteiger partial charge in [0.15, 0.2) is 0 Å². The Labute approximate surface area is 157 Å². The van der Waals surface area contributed by atoms with Crippen LogP contribution in [-0.4, -0.2) is 15.9 Å². The van der Waals surface area contributed by atoms with E-state index in [-0.39, 0.29) is 18.3 Å². The van der Waals surface area contributed by atoms with Crippen molar-refractivity contribution in [3.05, 3.63) is 82.4 Å². The fourth-order valence-corrected chi connectivity index (χ4v) is 2.73. The zero-order valence-corrected chi connectivity index (χ0v) is 15.5. The van der Waals surface area contributed by atoms with E-state index in [0.717, 1.165) is 16.8 Å². The van der Waals surface area contributed by atoms with Crippen LogP contribution in [0.2, 0.25) is 0 Å². The minimum Gasteiger partial charge on any atom is -0.350 e. The Hall–Kier alpha value is -3.28. The molecule has 0 saturated heterocycles. The summed E-state index contributed by atoms with van der Waals surface area (Å²) >= 11 is 0. The average Bonchev–Trinajstić information content (AvgIpc) is 2.63. The van der Waals surface area contributed by atoms with Gasteiger partial charge in [0.2, 0.25) is 5.95 Å². The second-order valence-corrected chi connectivity index (χ2v) is 6.41. The minimum atomic E-state index is -0.286. The summed E-state index contributed by atoms with van der Waals surface area (Å²) < 4.78 is 13.7. The van der Waals surface area contributed by atoms with Gasteiger partial charge in [0.05, 0.1) is 11.3 Å². The molecule has 27 heavy (non-hydrogen) atoms. The Balaban J connectivity index is 1.70. The lowest BCUT2D eigenvalue weighted by atomic mass is 10.1. The van der Waals surface area contributed by atoms with E-state index >= 15 is 0 Å². The molecule has 1 amide bonds. The normalized spacial score (nSPS) is 10.5. The number of nitrogens with one attached hydrogen (secondary N) is 2. The highest BCUT2D eigenvalue weighted by molar-refractivity contribution is 6.05. The first kappa shape index (κ1) is 18.5. The van der Waals surface area contributed by atoms with Crippen LogP contribution in [-0.2, 0) is 6.54 Å². The van der Waals surface area contributed by atoms with Gasteiger partial charge in [0.1, 0.15) is 5.82 Å². The molecule has 5 nitrogen and oxygen atoms in total. The molecule has 138 valence electrons. The summed E-state index contributed by atoms with van der Waals surface area (Å²) in [5.74, 6) is -0.204. The molecule has 0 aliphatic carbocycles. The number of benzene rings is 2. The van der Waals surface area contributed by atoms with Crippen LogP contribution in [0, 0.1) is 26.6 Å². The van der Waals surface area contributed by atoms with E-state index in [1.807, 2.05) is 32.0 Å². The van der Waals surface area contributed by atoms with Crippen LogP contribution in [0.5, 0.6) is 0 Å². The van der Waals surface area contributed by atoms with Crippen LogP contribution in [0.1, 0.15) is 32.7 Å². The van der Waals surface area contributed by atoms with Crippen molar-refractivity contribution in [3.8, 4) is 0 Å². The van der Waals surface area contributed by atoms with Gasteiger partial charge in [-0.3, -0.25) is 4.79 Å². The fourth-order valence-electron chi connectivity index (χ4n) is 2.73. The van der Waals surface area contributed by atoms with Crippen LogP contribution in [0.15, 0.2) is 48.7 Å². The molecule has 0 bridgehead atoms. The third-order valence-electron chi connectivity index (χ3n) is 4.25. The number of aromatic nitrogens is 2. The number of aryl methyl sites for hydroxylation is 3. The predicted molar refractivity (Wildman–Crippen MR) is 104 cm³/mol. The molecule has 0 spiro atoms. The van der Waals surface area contributed by atoms with Crippen molar-refractivity contribution in [2.45, 2.75) is 27.3 Å². The van der Waals surface area contributed by atoms with Crippen molar-refractivity contribution in [2.75, 3.05) is 10.6 Å². The van der Waals surface area contributed by atoms with Gasteiger partial charge in [-0.15, -0.1) is 0 Å². The number of rotatable bonds is 5. The number of nitrogens with zero attached hydrogens (tertiary/aromatic N) is 2. The van der Waals surface area contributed by atoms with Gasteiger partial charge in [0.25, 0.3) is 5.91 Å². The van der Waals surface area contributed by atoms with Gasteiger partial charge in [-0.2, -0.15) is 0 Å². The van der Waals surface area contributed by atoms with E-state index in [1.54, 1.807) is 25.1 Å². The van der Waals surface area contributed by atoms with E-state index in [4.69, 9.17) is 0 Å². The highest BCUT2D eigenvalue weighted by atomic mass is 19.1. The summed E-state index contributed by atoms with van der Waals surface area (Å²) in [6.07, 6.45) is 1.48. The highest BCUT2D eigenvalue weighted by Crippen LogP contribution is 2.18. The van der Waals surface area contributed by atoms with Crippen molar-refractivity contribution in [1.29, 1.82) is 0 Å². The SMILES string of the molecule is Cc1ccc(NC(=O)c2cnc(NCc3ccccc3F)nc2C)c(C)c1. The van der Waals surface area contributed by atoms with E-state index in [2.05, 4.69) is 20.6 Å². The monoisotopic (exact) mass is 364 g/mol. The lowest BCUT2D eigenvalue weighted by molar-refractivity contribution is 0.102. The van der Waals surface area contributed by atoms with E-state index in [0.29, 0.717) is 22.8 Å². The molecule has 3 aromatic rings. The van der Waals surface area contributed by atoms with Crippen molar-refractivity contribution < 1.29 is 9.18 Å². The molecular formula is C21H21FN4O. The zero-order chi connectivity index (χ0) is 19.4. The molecule has 1 aromatic heterocycles. The summed E-state index contributed by atoms with van der Waals surface area (Å²) in [7, 11) is 0. The number of hydrogen-bond acceptors (Lipinski definition) is 4. The summed E-state index contributed by atoms with van der Waals surface area (Å²) in [5.41, 5.74) is 4.34. The quantitative estimate of drug-likeness (QED) is 0.704. The summed E-state index contributed by atoms with van der Waals surface area (Å²) in [5, 5.41) is 5.87. The summed E-state index contributed by atoms with van der Waals surface area (Å²) in [6, 6.07) is 12.3. The predicted octanol–water partition coefficient (Wildman–Crippen LogP) is 4.41. The van der Waals surface area contributed by atoms with Gasteiger partial charge in [-0.25, -0.2) is 14.4 Å². The Morgan fingerprint density at radius 3 is 2.59 bits per heavy atom. The average molecular weight is 364 g/mol. The fraction of sp³-hybridized carbons (Fsp3) is 0.190. The second kappa shape index (κ2) is 7.95. The highest BCUT2D eigenvalue weighted by Gasteiger charge is 2.13. The van der Waals surface area contributed by atoms with Crippen LogP contribution in [0.25, 0.3) is 0 Å². The molecule has 2 N–H and O–H groups in total. The largest absolute Gasteiger partial charge is 0.350 e. The first-order chi connectivity index (χ1) is 12.9. The molecular weight excluding hydrogens is 343 g/mol. The Bertz CT molecular complexity index is 988. The van der Waals surface area contributed by atoms with E-state index < -0.39 is 0 Å². The molecule has 1 heterocycles. The number of carbonyl (C=O) groups excluding carboxylic acids is 1. The smallest absolute Gasteiger partial charge is 0.259 e. The lowest BCUT2D eigenvalue weighted by Gasteiger charge is -2.11. The number of hydrogen-bond donors (Lipinski definition) is 2. The van der Waals surface area contributed by atoms with Gasteiger partial charge in [-0.1, -0.05) is 35.9 Å². The molecule has 2 aromatic carbocycles. The molecule has 0 aliphatic heterocycles. The Morgan fingerprint density at radius 1 is 1.11 bits per heavy atom. The van der Waals surface area contributed by atoms with Gasteiger partial charge < -0.3 is 10.6 Å². The maximum Gasteiger partial charge on any atom is 0.259 e. The van der Waals surface area contributed by atoms with Crippen LogP contribution >= 0.6 is 0 Å². The molecule has 0 saturated carbocycles. The minimum absolute atomic E-state index is 0.264. The first-order valence-corrected chi connectivity index (χ1v) is 8.63. The number of carbonyl (C=O) groups is 1. The Kier molecular flexibility index (Phi) is 5.45. The third kappa shape index (κ3) is 4.47. The first-order valence-electron chi connectivity index (χ1n) is 8.63. The molecule has 3 rings (SSSR count). The van der Waals surface area contributed by atoms with Crippen molar-refractivity contribution >= 4 is 17.5 Å². The third-order valence-corrected chi connectivity index (χ3v) is 4.25. The molecule has 0 aliphatic rings. The molecule has 0 radical (unpaired) electrons. The van der Waals surface area contributed by atoms with Gasteiger partial charge >= 0.3 is 0 Å². The van der Waals surface area contributed by atoms with Gasteiger partial charge in [0, 0.05) is 24.0 Å². The van der Waals surface area contributed by atoms with Crippen LogP contribution in [0.3, 0.4) is 0 Å². The van der Waals surface area contributed by atoms with Crippen molar-refractivity contribution in [1.82, 2.24) is 9.97 Å². The molecule has 0 unspecified atom stereocenters. The van der Waals surface area contributed by atoms with Crippen molar-refractivity contribution in [2.24, 2.45) is 0 Å². The Morgan fingerprint density at radius 2 is 1.89 bits per heavy atom. The van der Waals surface area contributed by atoms with Crippen molar-refractivity contribution in [3.63, 3.8) is 0 Å². The van der Waals surface area contributed by atoms with E-state index in [9.17, 15) is 9.18 Å². The maximum absolute atomic E-state index is 13.7. The summed E-state index contributed by atoms with van der Waals surface area (Å²) in [6.45, 7) is 5.96. The second-order valence-electron chi connectivity index (χ2n) is 6.41.